The number of benzene rings is 4. The summed E-state index contributed by atoms with van der Waals surface area (Å²) in [6, 6.07) is 29.4. The molecule has 1 aliphatic heterocycles. The molecule has 2 atom stereocenters. The van der Waals surface area contributed by atoms with Gasteiger partial charge in [0.05, 0.1) is 33.2 Å². The largest absolute Gasteiger partial charge is 0.274 e. The van der Waals surface area contributed by atoms with E-state index in [4.69, 9.17) is 5.10 Å². The second kappa shape index (κ2) is 8.40. The number of hydrogen-bond acceptors (Lipinski definition) is 6. The van der Waals surface area contributed by atoms with Crippen LogP contribution in [0.5, 0.6) is 0 Å². The number of nitrogens with one attached hydrogen (secondary N) is 1. The molecular weight excluding hydrogens is 523 g/mol. The average molecular weight is 545 g/mol. The number of thiazole rings is 1. The molecule has 9 rings (SSSR count). The lowest BCUT2D eigenvalue weighted by Gasteiger charge is -2.52. The molecule has 1 fully saturated rings. The van der Waals surface area contributed by atoms with Crippen LogP contribution < -0.4 is 10.3 Å². The molecule has 2 bridgehead atoms. The van der Waals surface area contributed by atoms with Crippen LogP contribution in [0.2, 0.25) is 0 Å². The maximum absolute atomic E-state index is 14.3. The zero-order valence-corrected chi connectivity index (χ0v) is 21.8. The molecule has 0 spiro atoms. The van der Waals surface area contributed by atoms with E-state index in [-0.39, 0.29) is 17.7 Å². The van der Waals surface area contributed by atoms with Crippen LogP contribution in [0.25, 0.3) is 10.2 Å². The highest BCUT2D eigenvalue weighted by molar-refractivity contribution is 7.22. The van der Waals surface area contributed by atoms with Gasteiger partial charge in [-0.3, -0.25) is 15.0 Å². The Kier molecular flexibility index (Phi) is 4.88. The third-order valence-corrected chi connectivity index (χ3v) is 9.43. The van der Waals surface area contributed by atoms with Crippen LogP contribution in [0.15, 0.2) is 102 Å². The van der Waals surface area contributed by atoms with Crippen molar-refractivity contribution in [2.45, 2.75) is 11.3 Å². The summed E-state index contributed by atoms with van der Waals surface area (Å²) in [5, 5.41) is 5.33. The Hall–Kier alpha value is -4.69. The van der Waals surface area contributed by atoms with E-state index in [0.717, 1.165) is 32.5 Å². The highest BCUT2D eigenvalue weighted by atomic mass is 32.1. The summed E-state index contributed by atoms with van der Waals surface area (Å²) in [5.41, 5.74) is 7.35. The molecule has 4 aromatic carbocycles. The van der Waals surface area contributed by atoms with Crippen molar-refractivity contribution in [1.29, 1.82) is 0 Å². The molecule has 0 unspecified atom stereocenters. The number of hydrazone groups is 1. The van der Waals surface area contributed by atoms with Crippen molar-refractivity contribution in [3.05, 3.63) is 125 Å². The second-order valence-electron chi connectivity index (χ2n) is 10.4. The minimum absolute atomic E-state index is 0.271. The van der Waals surface area contributed by atoms with Crippen LogP contribution in [-0.4, -0.2) is 23.0 Å². The number of para-hydroxylation sites is 1. The lowest BCUT2D eigenvalue weighted by molar-refractivity contribution is -0.122. The molecule has 1 N–H and O–H groups in total. The van der Waals surface area contributed by atoms with Gasteiger partial charge in [-0.15, -0.1) is 0 Å². The summed E-state index contributed by atoms with van der Waals surface area (Å²) in [4.78, 5) is 34.3. The third kappa shape index (κ3) is 3.02. The first-order valence-corrected chi connectivity index (χ1v) is 13.9. The second-order valence-corrected chi connectivity index (χ2v) is 11.4. The molecule has 194 valence electrons. The molecule has 4 aliphatic rings. The summed E-state index contributed by atoms with van der Waals surface area (Å²) in [7, 11) is 0. The Bertz CT molecular complexity index is 1800. The lowest BCUT2D eigenvalue weighted by atomic mass is 9.47. The highest BCUT2D eigenvalue weighted by Crippen LogP contribution is 2.63. The summed E-state index contributed by atoms with van der Waals surface area (Å²) in [5.74, 6) is -2.59. The molecule has 2 amide bonds. The van der Waals surface area contributed by atoms with Gasteiger partial charge in [-0.2, -0.15) is 5.10 Å². The number of halogens is 1. The molecule has 1 aromatic heterocycles. The van der Waals surface area contributed by atoms with E-state index in [9.17, 15) is 14.0 Å². The number of carbonyl (C=O) groups excluding carboxylic acids is 2. The predicted molar refractivity (Wildman–Crippen MR) is 153 cm³/mol. The number of anilines is 2. The number of imide groups is 1. The minimum Gasteiger partial charge on any atom is -0.274 e. The maximum atomic E-state index is 14.3. The minimum atomic E-state index is -0.988. The number of amides is 2. The summed E-state index contributed by atoms with van der Waals surface area (Å²) in [6.45, 7) is 0. The van der Waals surface area contributed by atoms with Gasteiger partial charge in [-0.1, -0.05) is 72.0 Å². The number of rotatable bonds is 4. The Morgan fingerprint density at radius 1 is 0.850 bits per heavy atom. The molecule has 2 heterocycles. The average Bonchev–Trinajstić information content (AvgIpc) is 3.52. The first kappa shape index (κ1) is 23.2. The first-order chi connectivity index (χ1) is 19.6. The zero-order chi connectivity index (χ0) is 27.0. The van der Waals surface area contributed by atoms with Crippen LogP contribution in [0.1, 0.15) is 28.2 Å². The van der Waals surface area contributed by atoms with Crippen molar-refractivity contribution < 1.29 is 14.0 Å². The van der Waals surface area contributed by atoms with Crippen molar-refractivity contribution in [3.63, 3.8) is 0 Å². The van der Waals surface area contributed by atoms with Crippen LogP contribution in [0.4, 0.5) is 15.2 Å². The number of fused-ring (bicyclic) bond motifs is 1. The van der Waals surface area contributed by atoms with Crippen LogP contribution in [0.3, 0.4) is 0 Å². The monoisotopic (exact) mass is 544 g/mol. The molecule has 0 saturated carbocycles. The zero-order valence-electron chi connectivity index (χ0n) is 21.0. The lowest BCUT2D eigenvalue weighted by Crippen LogP contribution is -2.54. The van der Waals surface area contributed by atoms with Crippen molar-refractivity contribution in [2.24, 2.45) is 16.9 Å². The fraction of sp³-hybridized carbons (Fsp3) is 0.125. The van der Waals surface area contributed by atoms with Crippen LogP contribution >= 0.6 is 11.3 Å². The van der Waals surface area contributed by atoms with Gasteiger partial charge >= 0.3 is 0 Å². The number of nitrogens with zero attached hydrogens (tertiary/aromatic N) is 3. The van der Waals surface area contributed by atoms with Gasteiger partial charge in [0.2, 0.25) is 16.9 Å². The van der Waals surface area contributed by atoms with Gasteiger partial charge in [-0.05, 0) is 58.7 Å². The Labute approximate surface area is 232 Å². The van der Waals surface area contributed by atoms with E-state index in [0.29, 0.717) is 10.8 Å². The van der Waals surface area contributed by atoms with Crippen LogP contribution in [0, 0.1) is 17.7 Å². The van der Waals surface area contributed by atoms with E-state index >= 15 is 0 Å². The van der Waals surface area contributed by atoms with E-state index < -0.39 is 23.1 Å². The van der Waals surface area contributed by atoms with Gasteiger partial charge < -0.3 is 0 Å². The molecule has 40 heavy (non-hydrogen) atoms. The van der Waals surface area contributed by atoms with Gasteiger partial charge in [-0.25, -0.2) is 14.3 Å². The predicted octanol–water partition coefficient (Wildman–Crippen LogP) is 6.08. The molecular formula is C32H21FN4O2S. The summed E-state index contributed by atoms with van der Waals surface area (Å²) >= 11 is 1.49. The standard InChI is InChI=1S/C32H21FN4O2S/c33-18-13-15-19(16-14-18)37-29(38)27-26-20-7-1-3-9-22(20)32(28(27)30(37)39,23-10-4-2-8-21(23)26)17-34-36-31-35-24-11-5-6-12-25(24)40-31/h1-17,26-28H,(H,35,36)/b34-17-/t26?,27-,28+,32?/m0/s1. The Morgan fingerprint density at radius 3 is 2.20 bits per heavy atom. The van der Waals surface area contributed by atoms with E-state index in [1.165, 1.54) is 40.5 Å². The summed E-state index contributed by atoms with van der Waals surface area (Å²) in [6.07, 6.45) is 1.79. The van der Waals surface area contributed by atoms with E-state index in [1.54, 1.807) is 6.21 Å². The normalized spacial score (nSPS) is 24.4. The number of hydrogen-bond donors (Lipinski definition) is 1. The Morgan fingerprint density at radius 2 is 1.50 bits per heavy atom. The smallest absolute Gasteiger partial charge is 0.239 e. The van der Waals surface area contributed by atoms with Gasteiger partial charge in [0, 0.05) is 12.1 Å². The first-order valence-electron chi connectivity index (χ1n) is 13.1. The van der Waals surface area contributed by atoms with Crippen molar-refractivity contribution in [2.75, 3.05) is 10.3 Å². The Balaban J connectivity index is 1.32. The topological polar surface area (TPSA) is 74.7 Å². The quantitative estimate of drug-likeness (QED) is 0.169. The molecule has 5 aromatic rings. The maximum Gasteiger partial charge on any atom is 0.239 e. The highest BCUT2D eigenvalue weighted by Gasteiger charge is 2.68. The molecule has 3 aliphatic carbocycles. The fourth-order valence-electron chi connectivity index (χ4n) is 7.00. The molecule has 6 nitrogen and oxygen atoms in total. The molecule has 8 heteroatoms. The molecule has 1 saturated heterocycles. The summed E-state index contributed by atoms with van der Waals surface area (Å²) < 4.78 is 14.8. The van der Waals surface area contributed by atoms with E-state index in [2.05, 4.69) is 10.4 Å². The van der Waals surface area contributed by atoms with Gasteiger partial charge in [0.25, 0.3) is 0 Å². The SMILES string of the molecule is O=C1[C@H]2C3c4ccccc4C(/C=N\Nc4nc5ccccc5s4)(c4ccccc43)[C@H]2C(=O)N1c1ccc(F)cc1. The van der Waals surface area contributed by atoms with Gasteiger partial charge in [0.1, 0.15) is 5.82 Å². The van der Waals surface area contributed by atoms with Crippen molar-refractivity contribution in [1.82, 2.24) is 4.98 Å². The van der Waals surface area contributed by atoms with Crippen molar-refractivity contribution >= 4 is 50.4 Å². The third-order valence-electron chi connectivity index (χ3n) is 8.49. The van der Waals surface area contributed by atoms with Gasteiger partial charge in [0.15, 0.2) is 0 Å². The fourth-order valence-corrected chi connectivity index (χ4v) is 7.82. The van der Waals surface area contributed by atoms with Crippen molar-refractivity contribution in [3.8, 4) is 0 Å². The number of aromatic nitrogens is 1. The van der Waals surface area contributed by atoms with Crippen LogP contribution in [-0.2, 0) is 15.0 Å². The van der Waals surface area contributed by atoms with E-state index in [1.807, 2.05) is 72.8 Å². The molecule has 0 radical (unpaired) electrons. The number of carbonyl (C=O) groups is 2.